The third-order valence-electron chi connectivity index (χ3n) is 1.20. The van der Waals surface area contributed by atoms with E-state index in [0.717, 1.165) is 0 Å². The minimum atomic E-state index is -4.17. The van der Waals surface area contributed by atoms with Gasteiger partial charge in [-0.2, -0.15) is 13.2 Å². The first-order chi connectivity index (χ1) is 4.52. The summed E-state index contributed by atoms with van der Waals surface area (Å²) in [7, 11) is 1.27. The monoisotopic (exact) mass is 156 g/mol. The Balaban J connectivity index is 3.81. The summed E-state index contributed by atoms with van der Waals surface area (Å²) >= 11 is 0. The molecule has 10 heavy (non-hydrogen) atoms. The first-order valence-corrected chi connectivity index (χ1v) is 2.96. The molecule has 0 saturated heterocycles. The van der Waals surface area contributed by atoms with Crippen LogP contribution in [0.3, 0.4) is 0 Å². The summed E-state index contributed by atoms with van der Waals surface area (Å²) in [5, 5.41) is 2.14. The Bertz CT molecular complexity index is 91.4. The number of nitrogens with one attached hydrogen (secondary N) is 1. The van der Waals surface area contributed by atoms with Crippen molar-refractivity contribution in [1.82, 2.24) is 5.32 Å². The quantitative estimate of drug-likeness (QED) is 0.624. The highest BCUT2D eigenvalue weighted by molar-refractivity contribution is 4.72. The van der Waals surface area contributed by atoms with Gasteiger partial charge in [-0.3, -0.25) is 0 Å². The molecule has 2 nitrogen and oxygen atoms in total. The molecule has 0 saturated carbocycles. The number of alkyl halides is 3. The number of hydrogen-bond donors (Lipinski definition) is 2. The fourth-order valence-corrected chi connectivity index (χ4v) is 0.638. The fraction of sp³-hybridized carbons (Fsp3) is 1.00. The minimum Gasteiger partial charge on any atom is -0.330 e. The predicted molar refractivity (Wildman–Crippen MR) is 32.6 cm³/mol. The van der Waals surface area contributed by atoms with E-state index >= 15 is 0 Å². The molecule has 1 unspecified atom stereocenters. The lowest BCUT2D eigenvalue weighted by molar-refractivity contribution is -0.155. The molecule has 0 radical (unpaired) electrons. The summed E-state index contributed by atoms with van der Waals surface area (Å²) in [4.78, 5) is 0. The maximum absolute atomic E-state index is 11.8. The lowest BCUT2D eigenvalue weighted by Crippen LogP contribution is -2.41. The van der Waals surface area contributed by atoms with Gasteiger partial charge in [0.1, 0.15) is 6.04 Å². The lowest BCUT2D eigenvalue weighted by Gasteiger charge is -2.17. The molecule has 1 atom stereocenters. The fourth-order valence-electron chi connectivity index (χ4n) is 0.638. The Morgan fingerprint density at radius 2 is 2.00 bits per heavy atom. The minimum absolute atomic E-state index is 0.0466. The van der Waals surface area contributed by atoms with Crippen LogP contribution in [0.5, 0.6) is 0 Å². The highest BCUT2D eigenvalue weighted by Crippen LogP contribution is 2.21. The van der Waals surface area contributed by atoms with Crippen molar-refractivity contribution in [1.29, 1.82) is 0 Å². The van der Waals surface area contributed by atoms with Crippen LogP contribution in [0.2, 0.25) is 0 Å². The molecule has 0 aromatic heterocycles. The van der Waals surface area contributed by atoms with Crippen LogP contribution in [0.25, 0.3) is 0 Å². The molecule has 0 aliphatic carbocycles. The Morgan fingerprint density at radius 3 is 2.10 bits per heavy atom. The molecule has 0 bridgehead atoms. The number of halogens is 3. The van der Waals surface area contributed by atoms with E-state index in [2.05, 4.69) is 5.32 Å². The van der Waals surface area contributed by atoms with Crippen molar-refractivity contribution in [2.24, 2.45) is 5.73 Å². The summed E-state index contributed by atoms with van der Waals surface area (Å²) in [5.41, 5.74) is 4.96. The van der Waals surface area contributed by atoms with Gasteiger partial charge in [-0.05, 0) is 20.0 Å². The van der Waals surface area contributed by atoms with Gasteiger partial charge in [-0.1, -0.05) is 0 Å². The van der Waals surface area contributed by atoms with Gasteiger partial charge in [0, 0.05) is 0 Å². The Hall–Kier alpha value is -0.290. The molecule has 3 N–H and O–H groups in total. The van der Waals surface area contributed by atoms with Crippen LogP contribution in [0.1, 0.15) is 6.42 Å². The van der Waals surface area contributed by atoms with Crippen LogP contribution in [-0.2, 0) is 0 Å². The average molecular weight is 156 g/mol. The van der Waals surface area contributed by atoms with E-state index < -0.39 is 12.2 Å². The molecule has 0 aromatic carbocycles. The molecule has 0 amide bonds. The van der Waals surface area contributed by atoms with Crippen LogP contribution in [0.15, 0.2) is 0 Å². The normalized spacial score (nSPS) is 15.3. The predicted octanol–water partition coefficient (Wildman–Crippen LogP) is 0.485. The molecule has 62 valence electrons. The lowest BCUT2D eigenvalue weighted by atomic mass is 10.2. The van der Waals surface area contributed by atoms with E-state index in [1.807, 2.05) is 0 Å². The van der Waals surface area contributed by atoms with Gasteiger partial charge >= 0.3 is 6.18 Å². The van der Waals surface area contributed by atoms with Crippen molar-refractivity contribution in [2.45, 2.75) is 18.6 Å². The van der Waals surface area contributed by atoms with Crippen LogP contribution in [0.4, 0.5) is 13.2 Å². The topological polar surface area (TPSA) is 38.0 Å². The molecule has 0 aromatic rings. The average Bonchev–Trinajstić information content (AvgIpc) is 1.80. The zero-order chi connectivity index (χ0) is 8.20. The van der Waals surface area contributed by atoms with Crippen molar-refractivity contribution in [3.63, 3.8) is 0 Å². The van der Waals surface area contributed by atoms with E-state index in [4.69, 9.17) is 5.73 Å². The van der Waals surface area contributed by atoms with Crippen LogP contribution >= 0.6 is 0 Å². The van der Waals surface area contributed by atoms with Crippen LogP contribution in [0, 0.1) is 0 Å². The molecule has 5 heteroatoms. The maximum atomic E-state index is 11.8. The highest BCUT2D eigenvalue weighted by Gasteiger charge is 2.37. The first kappa shape index (κ1) is 9.71. The van der Waals surface area contributed by atoms with E-state index in [9.17, 15) is 13.2 Å². The molecule has 0 spiro atoms. The van der Waals surface area contributed by atoms with Gasteiger partial charge in [0.15, 0.2) is 0 Å². The third-order valence-corrected chi connectivity index (χ3v) is 1.20. The number of rotatable bonds is 3. The summed E-state index contributed by atoms with van der Waals surface area (Å²) in [5.74, 6) is 0. The molecule has 0 aliphatic heterocycles. The van der Waals surface area contributed by atoms with E-state index in [0.29, 0.717) is 0 Å². The Morgan fingerprint density at radius 1 is 1.50 bits per heavy atom. The smallest absolute Gasteiger partial charge is 0.330 e. The van der Waals surface area contributed by atoms with Gasteiger partial charge < -0.3 is 11.1 Å². The largest absolute Gasteiger partial charge is 0.403 e. The Kier molecular flexibility index (Phi) is 3.67. The standard InChI is InChI=1S/C5H11F3N2/c1-10-4(2-3-9)5(6,7)8/h4,10H,2-3,9H2,1H3. The van der Waals surface area contributed by atoms with Crippen LogP contribution < -0.4 is 11.1 Å². The Labute approximate surface area is 57.6 Å². The van der Waals surface area contributed by atoms with Crippen molar-refractivity contribution in [2.75, 3.05) is 13.6 Å². The zero-order valence-electron chi connectivity index (χ0n) is 5.70. The molecule has 0 rings (SSSR count). The van der Waals surface area contributed by atoms with Gasteiger partial charge in [0.05, 0.1) is 0 Å². The molecular weight excluding hydrogens is 145 g/mol. The second-order valence-corrected chi connectivity index (χ2v) is 1.96. The van der Waals surface area contributed by atoms with Gasteiger partial charge in [-0.25, -0.2) is 0 Å². The van der Waals surface area contributed by atoms with Crippen molar-refractivity contribution in [3.05, 3.63) is 0 Å². The first-order valence-electron chi connectivity index (χ1n) is 2.96. The van der Waals surface area contributed by atoms with Crippen LogP contribution in [-0.4, -0.2) is 25.8 Å². The highest BCUT2D eigenvalue weighted by atomic mass is 19.4. The van der Waals surface area contributed by atoms with Crippen molar-refractivity contribution >= 4 is 0 Å². The zero-order valence-corrected chi connectivity index (χ0v) is 5.70. The summed E-state index contributed by atoms with van der Waals surface area (Å²) in [6.07, 6.45) is -4.24. The second-order valence-electron chi connectivity index (χ2n) is 1.96. The van der Waals surface area contributed by atoms with E-state index in [-0.39, 0.29) is 13.0 Å². The third kappa shape index (κ3) is 3.03. The van der Waals surface area contributed by atoms with Crippen molar-refractivity contribution < 1.29 is 13.2 Å². The molecule has 0 aliphatic rings. The number of nitrogens with two attached hydrogens (primary N) is 1. The van der Waals surface area contributed by atoms with Gasteiger partial charge in [0.25, 0.3) is 0 Å². The van der Waals surface area contributed by atoms with Gasteiger partial charge in [-0.15, -0.1) is 0 Å². The summed E-state index contributed by atoms with van der Waals surface area (Å²) in [6, 6.07) is -1.46. The summed E-state index contributed by atoms with van der Waals surface area (Å²) in [6.45, 7) is 0.0466. The number of hydrogen-bond acceptors (Lipinski definition) is 2. The molecule has 0 heterocycles. The SMILES string of the molecule is CNC(CCN)C(F)(F)F. The second kappa shape index (κ2) is 3.78. The van der Waals surface area contributed by atoms with Crippen molar-refractivity contribution in [3.8, 4) is 0 Å². The molecule has 0 fully saturated rings. The maximum Gasteiger partial charge on any atom is 0.403 e. The molecular formula is C5H11F3N2. The van der Waals surface area contributed by atoms with E-state index in [1.165, 1.54) is 7.05 Å². The van der Waals surface area contributed by atoms with Gasteiger partial charge in [0.2, 0.25) is 0 Å². The van der Waals surface area contributed by atoms with E-state index in [1.54, 1.807) is 0 Å². The summed E-state index contributed by atoms with van der Waals surface area (Å²) < 4.78 is 35.4.